The van der Waals surface area contributed by atoms with Crippen molar-refractivity contribution in [3.8, 4) is 11.6 Å². The molecule has 0 spiro atoms. The molecule has 1 fully saturated rings. The van der Waals surface area contributed by atoms with Gasteiger partial charge in [-0.3, -0.25) is 5.10 Å². The number of oxazole rings is 1. The maximum Gasteiger partial charge on any atom is 0.245 e. The number of nitrogens with one attached hydrogen (secondary N) is 2. The summed E-state index contributed by atoms with van der Waals surface area (Å²) in [6.07, 6.45) is 1.10. The fraction of sp³-hybridized carbons (Fsp3) is 0.583. The van der Waals surface area contributed by atoms with E-state index in [-0.39, 0.29) is 0 Å². The molecule has 2 aromatic heterocycles. The molecule has 0 aromatic carbocycles. The van der Waals surface area contributed by atoms with E-state index >= 15 is 0 Å². The smallest absolute Gasteiger partial charge is 0.245 e. The maximum atomic E-state index is 5.55. The molecule has 0 amide bonds. The lowest BCUT2D eigenvalue weighted by Gasteiger charge is -2.16. The average Bonchev–Trinajstić information content (AvgIpc) is 2.88. The van der Waals surface area contributed by atoms with Crippen LogP contribution in [0.4, 0.5) is 5.95 Å². The molecular formula is C12H18N6O. The summed E-state index contributed by atoms with van der Waals surface area (Å²) < 4.78 is 5.55. The summed E-state index contributed by atoms with van der Waals surface area (Å²) in [5, 5.41) is 10.6. The Kier molecular flexibility index (Phi) is 3.20. The molecule has 2 aromatic rings. The van der Waals surface area contributed by atoms with Crippen molar-refractivity contribution in [1.82, 2.24) is 25.5 Å². The maximum absolute atomic E-state index is 5.55. The highest BCUT2D eigenvalue weighted by molar-refractivity contribution is 5.52. The summed E-state index contributed by atoms with van der Waals surface area (Å²) in [6.45, 7) is 7.64. The SMILES string of the molecule is Cc1nc(C)c(-c2nc(N3CCCNCC3)n[nH]2)o1. The van der Waals surface area contributed by atoms with Crippen molar-refractivity contribution in [2.75, 3.05) is 31.1 Å². The first-order valence-corrected chi connectivity index (χ1v) is 6.56. The third-order valence-electron chi connectivity index (χ3n) is 3.22. The minimum atomic E-state index is 0.643. The molecule has 0 unspecified atom stereocenters. The average molecular weight is 262 g/mol. The predicted octanol–water partition coefficient (Wildman–Crippen LogP) is 0.876. The zero-order chi connectivity index (χ0) is 13.2. The second-order valence-corrected chi connectivity index (χ2v) is 4.72. The van der Waals surface area contributed by atoms with Crippen LogP contribution in [0.1, 0.15) is 18.0 Å². The third-order valence-corrected chi connectivity index (χ3v) is 3.22. The van der Waals surface area contributed by atoms with E-state index in [9.17, 15) is 0 Å². The Bertz CT molecular complexity index is 552. The van der Waals surface area contributed by atoms with E-state index in [1.54, 1.807) is 0 Å². The van der Waals surface area contributed by atoms with E-state index < -0.39 is 0 Å². The third kappa shape index (κ3) is 2.46. The van der Waals surface area contributed by atoms with Gasteiger partial charge in [-0.2, -0.15) is 4.98 Å². The van der Waals surface area contributed by atoms with E-state index in [2.05, 4.69) is 30.4 Å². The van der Waals surface area contributed by atoms with Crippen molar-refractivity contribution in [2.24, 2.45) is 0 Å². The topological polar surface area (TPSA) is 82.9 Å². The highest BCUT2D eigenvalue weighted by Gasteiger charge is 2.18. The fourth-order valence-electron chi connectivity index (χ4n) is 2.29. The molecule has 2 N–H and O–H groups in total. The quantitative estimate of drug-likeness (QED) is 0.836. The summed E-state index contributed by atoms with van der Waals surface area (Å²) in [7, 11) is 0. The number of rotatable bonds is 2. The van der Waals surface area contributed by atoms with E-state index in [4.69, 9.17) is 4.42 Å². The summed E-state index contributed by atoms with van der Waals surface area (Å²) in [6, 6.07) is 0. The Balaban J connectivity index is 1.84. The highest BCUT2D eigenvalue weighted by Crippen LogP contribution is 2.22. The summed E-state index contributed by atoms with van der Waals surface area (Å²) >= 11 is 0. The van der Waals surface area contributed by atoms with Gasteiger partial charge in [-0.05, 0) is 19.9 Å². The monoisotopic (exact) mass is 262 g/mol. The minimum absolute atomic E-state index is 0.643. The first kappa shape index (κ1) is 12.2. The molecule has 19 heavy (non-hydrogen) atoms. The van der Waals surface area contributed by atoms with Crippen LogP contribution in [0.25, 0.3) is 11.6 Å². The van der Waals surface area contributed by atoms with Gasteiger partial charge >= 0.3 is 0 Å². The van der Waals surface area contributed by atoms with Gasteiger partial charge in [-0.25, -0.2) is 4.98 Å². The second kappa shape index (κ2) is 5.00. The summed E-state index contributed by atoms with van der Waals surface area (Å²) in [4.78, 5) is 10.9. The molecule has 1 aliphatic rings. The van der Waals surface area contributed by atoms with Crippen LogP contribution in [0.5, 0.6) is 0 Å². The molecule has 7 nitrogen and oxygen atoms in total. The normalized spacial score (nSPS) is 16.6. The molecule has 3 rings (SSSR count). The highest BCUT2D eigenvalue weighted by atomic mass is 16.4. The van der Waals surface area contributed by atoms with Crippen LogP contribution in [0.3, 0.4) is 0 Å². The standard InChI is InChI=1S/C12H18N6O/c1-8-10(19-9(2)14-8)11-15-12(17-16-11)18-6-3-4-13-5-7-18/h13H,3-7H2,1-2H3,(H,15,16,17). The molecule has 0 bridgehead atoms. The Morgan fingerprint density at radius 3 is 2.84 bits per heavy atom. The van der Waals surface area contributed by atoms with Crippen molar-refractivity contribution in [3.05, 3.63) is 11.6 Å². The number of H-pyrrole nitrogens is 1. The molecule has 0 atom stereocenters. The van der Waals surface area contributed by atoms with E-state index in [0.717, 1.165) is 44.2 Å². The number of aromatic amines is 1. The van der Waals surface area contributed by atoms with Crippen molar-refractivity contribution in [1.29, 1.82) is 0 Å². The number of hydrogen-bond donors (Lipinski definition) is 2. The first-order valence-electron chi connectivity index (χ1n) is 6.56. The van der Waals surface area contributed by atoms with Crippen molar-refractivity contribution < 1.29 is 4.42 Å². The van der Waals surface area contributed by atoms with Crippen LogP contribution < -0.4 is 10.2 Å². The Morgan fingerprint density at radius 2 is 2.05 bits per heavy atom. The van der Waals surface area contributed by atoms with Gasteiger partial charge in [0.1, 0.15) is 0 Å². The van der Waals surface area contributed by atoms with Gasteiger partial charge in [0, 0.05) is 26.6 Å². The van der Waals surface area contributed by atoms with Crippen molar-refractivity contribution in [3.63, 3.8) is 0 Å². The van der Waals surface area contributed by atoms with Gasteiger partial charge in [0.05, 0.1) is 5.69 Å². The van der Waals surface area contributed by atoms with Crippen LogP contribution >= 0.6 is 0 Å². The number of aryl methyl sites for hydroxylation is 2. The fourth-order valence-corrected chi connectivity index (χ4v) is 2.29. The lowest BCUT2D eigenvalue weighted by molar-refractivity contribution is 0.530. The van der Waals surface area contributed by atoms with Crippen LogP contribution in [0.2, 0.25) is 0 Å². The van der Waals surface area contributed by atoms with E-state index in [1.807, 2.05) is 13.8 Å². The number of anilines is 1. The van der Waals surface area contributed by atoms with Crippen LogP contribution in [0.15, 0.2) is 4.42 Å². The van der Waals surface area contributed by atoms with Crippen molar-refractivity contribution >= 4 is 5.95 Å². The van der Waals surface area contributed by atoms with Gasteiger partial charge in [0.15, 0.2) is 17.5 Å². The zero-order valence-corrected chi connectivity index (χ0v) is 11.2. The number of aromatic nitrogens is 4. The molecular weight excluding hydrogens is 244 g/mol. The number of hydrogen-bond acceptors (Lipinski definition) is 6. The molecule has 102 valence electrons. The Labute approximate surface area is 111 Å². The molecule has 0 saturated carbocycles. The van der Waals surface area contributed by atoms with E-state index in [0.29, 0.717) is 17.5 Å². The van der Waals surface area contributed by atoms with Gasteiger partial charge in [0.2, 0.25) is 5.95 Å². The number of nitrogens with zero attached hydrogens (tertiary/aromatic N) is 4. The van der Waals surface area contributed by atoms with Gasteiger partial charge in [0.25, 0.3) is 0 Å². The van der Waals surface area contributed by atoms with Crippen LogP contribution in [-0.4, -0.2) is 46.3 Å². The molecule has 1 aliphatic heterocycles. The Morgan fingerprint density at radius 1 is 1.16 bits per heavy atom. The zero-order valence-electron chi connectivity index (χ0n) is 11.2. The summed E-state index contributed by atoms with van der Waals surface area (Å²) in [5.41, 5.74) is 0.831. The largest absolute Gasteiger partial charge is 0.437 e. The predicted molar refractivity (Wildman–Crippen MR) is 71.1 cm³/mol. The first-order chi connectivity index (χ1) is 9.24. The van der Waals surface area contributed by atoms with Gasteiger partial charge in [-0.1, -0.05) is 0 Å². The van der Waals surface area contributed by atoms with Crippen LogP contribution in [0, 0.1) is 13.8 Å². The molecule has 0 radical (unpaired) electrons. The van der Waals surface area contributed by atoms with Crippen molar-refractivity contribution in [2.45, 2.75) is 20.3 Å². The lowest BCUT2D eigenvalue weighted by atomic mass is 10.3. The van der Waals surface area contributed by atoms with E-state index in [1.165, 1.54) is 0 Å². The lowest BCUT2D eigenvalue weighted by Crippen LogP contribution is -2.28. The molecule has 0 aliphatic carbocycles. The summed E-state index contributed by atoms with van der Waals surface area (Å²) in [5.74, 6) is 2.69. The molecule has 1 saturated heterocycles. The molecule has 7 heteroatoms. The molecule has 3 heterocycles. The van der Waals surface area contributed by atoms with Gasteiger partial charge < -0.3 is 14.6 Å². The minimum Gasteiger partial charge on any atom is -0.437 e. The second-order valence-electron chi connectivity index (χ2n) is 4.72. The Hall–Kier alpha value is -1.89. The van der Waals surface area contributed by atoms with Gasteiger partial charge in [-0.15, -0.1) is 5.10 Å². The van der Waals surface area contributed by atoms with Crippen LogP contribution in [-0.2, 0) is 0 Å².